The van der Waals surface area contributed by atoms with E-state index in [1.165, 1.54) is 57.8 Å². The van der Waals surface area contributed by atoms with Gasteiger partial charge in [-0.2, -0.15) is 26.3 Å². The molecule has 47 heavy (non-hydrogen) atoms. The van der Waals surface area contributed by atoms with Crippen molar-refractivity contribution in [1.82, 2.24) is 4.90 Å². The van der Waals surface area contributed by atoms with Crippen molar-refractivity contribution < 1.29 is 0 Å². The highest BCUT2D eigenvalue weighted by molar-refractivity contribution is 6.19. The molecule has 0 saturated heterocycles. The molecule has 6 atom stereocenters. The van der Waals surface area contributed by atoms with Crippen LogP contribution in [-0.4, -0.2) is 54.9 Å². The molecule has 0 aliphatic heterocycles. The third-order valence-electron chi connectivity index (χ3n) is 8.45. The van der Waals surface area contributed by atoms with E-state index < -0.39 is 0 Å². The Bertz CT molecular complexity index is 976. The number of allylic oxidation sites excluding steroid dienone is 1. The number of hydrogen-bond acceptors (Lipinski definition) is 6. The molecule has 3 fully saturated rings. The highest BCUT2D eigenvalue weighted by atomic mass is 35.5. The lowest BCUT2D eigenvalue weighted by molar-refractivity contribution is 0.205. The fourth-order valence-electron chi connectivity index (χ4n) is 5.23. The minimum atomic E-state index is 0.321. The summed E-state index contributed by atoms with van der Waals surface area (Å²) >= 11 is 28.0. The van der Waals surface area contributed by atoms with Crippen LogP contribution in [0.25, 0.3) is 0 Å². The first kappa shape index (κ1) is 47.7. The zero-order valence-corrected chi connectivity index (χ0v) is 32.2. The highest BCUT2D eigenvalue weighted by Crippen LogP contribution is 2.37. The Morgan fingerprint density at radius 1 is 0.660 bits per heavy atom. The molecule has 11 heteroatoms. The minimum absolute atomic E-state index is 0.321. The summed E-state index contributed by atoms with van der Waals surface area (Å²) in [6, 6.07) is 10.6. The molecule has 3 aliphatic carbocycles. The summed E-state index contributed by atoms with van der Waals surface area (Å²) < 4.78 is 0. The number of alkyl halides is 5. The number of rotatable bonds is 14. The van der Waals surface area contributed by atoms with Crippen molar-refractivity contribution in [2.45, 2.75) is 89.9 Å². The van der Waals surface area contributed by atoms with Crippen molar-refractivity contribution in [3.63, 3.8) is 0 Å². The Morgan fingerprint density at radius 3 is 1.47 bits per heavy atom. The molecule has 3 aliphatic rings. The van der Waals surface area contributed by atoms with Crippen molar-refractivity contribution in [3.8, 4) is 30.3 Å². The van der Waals surface area contributed by atoms with Crippen molar-refractivity contribution in [1.29, 1.82) is 26.3 Å². The smallest absolute Gasteiger partial charge is 0.0666 e. The van der Waals surface area contributed by atoms with Crippen LogP contribution in [-0.2, 0) is 0 Å². The largest absolute Gasteiger partial charge is 0.309 e. The van der Waals surface area contributed by atoms with Gasteiger partial charge >= 0.3 is 0 Å². The van der Waals surface area contributed by atoms with Crippen LogP contribution in [0.3, 0.4) is 0 Å². The summed E-state index contributed by atoms with van der Waals surface area (Å²) in [6.45, 7) is 4.41. The van der Waals surface area contributed by atoms with E-state index in [-0.39, 0.29) is 0 Å². The summed E-state index contributed by atoms with van der Waals surface area (Å²) in [7, 11) is 3.97. The number of halogens is 5. The van der Waals surface area contributed by atoms with E-state index >= 15 is 0 Å². The van der Waals surface area contributed by atoms with Gasteiger partial charge in [-0.15, -0.1) is 58.0 Å². The van der Waals surface area contributed by atoms with Gasteiger partial charge in [0.1, 0.15) is 0 Å². The molecule has 3 rings (SSSR count). The van der Waals surface area contributed by atoms with Crippen molar-refractivity contribution in [2.75, 3.05) is 50.0 Å². The fourth-order valence-corrected chi connectivity index (χ4v) is 6.58. The van der Waals surface area contributed by atoms with Gasteiger partial charge in [0.15, 0.2) is 0 Å². The Kier molecular flexibility index (Phi) is 33.6. The summed E-state index contributed by atoms with van der Waals surface area (Å²) in [4.78, 5) is 2.05. The molecule has 264 valence electrons. The molecule has 0 bridgehead atoms. The predicted molar refractivity (Wildman–Crippen MR) is 198 cm³/mol. The molecular formula is C36H55Cl5N6. The van der Waals surface area contributed by atoms with Crippen molar-refractivity contribution in [3.05, 3.63) is 12.2 Å². The molecule has 3 saturated carbocycles. The lowest BCUT2D eigenvalue weighted by Gasteiger charge is -2.33. The number of nitrogens with zero attached hydrogens (tertiary/aromatic N) is 6. The van der Waals surface area contributed by atoms with Gasteiger partial charge in [0.05, 0.1) is 36.8 Å². The number of hydrogen-bond donors (Lipinski definition) is 0. The van der Waals surface area contributed by atoms with Gasteiger partial charge in [0.25, 0.3) is 0 Å². The Hall–Kier alpha value is -1.40. The van der Waals surface area contributed by atoms with Gasteiger partial charge < -0.3 is 4.90 Å². The van der Waals surface area contributed by atoms with Gasteiger partial charge in [-0.1, -0.05) is 32.3 Å². The van der Waals surface area contributed by atoms with Crippen LogP contribution in [0.1, 0.15) is 89.9 Å². The lowest BCUT2D eigenvalue weighted by atomic mass is 9.73. The normalized spacial score (nSPS) is 21.8. The predicted octanol–water partition coefficient (Wildman–Crippen LogP) is 10.7. The first-order chi connectivity index (χ1) is 22.6. The Labute approximate surface area is 311 Å². The van der Waals surface area contributed by atoms with E-state index in [4.69, 9.17) is 84.3 Å². The molecule has 0 heterocycles. The molecule has 0 amide bonds. The van der Waals surface area contributed by atoms with Crippen LogP contribution < -0.4 is 0 Å². The summed E-state index contributed by atoms with van der Waals surface area (Å²) in [5.74, 6) is 7.26. The van der Waals surface area contributed by atoms with E-state index in [1.807, 2.05) is 25.1 Å². The third-order valence-corrected chi connectivity index (χ3v) is 10.5. The summed E-state index contributed by atoms with van der Waals surface area (Å²) in [5, 5.41) is 41.6. The molecule has 0 N–H and O–H groups in total. The molecule has 0 aromatic heterocycles. The molecule has 6 nitrogen and oxygen atoms in total. The molecule has 0 spiro atoms. The first-order valence-electron chi connectivity index (χ1n) is 16.6. The van der Waals surface area contributed by atoms with Crippen LogP contribution in [0, 0.1) is 98.1 Å². The molecule has 6 unspecified atom stereocenters. The van der Waals surface area contributed by atoms with Crippen LogP contribution in [0.4, 0.5) is 0 Å². The average Bonchev–Trinajstić information content (AvgIpc) is 3.88. The lowest BCUT2D eigenvalue weighted by Crippen LogP contribution is -2.26. The maximum Gasteiger partial charge on any atom is 0.0666 e. The van der Waals surface area contributed by atoms with Crippen LogP contribution >= 0.6 is 58.0 Å². The second kappa shape index (κ2) is 33.1. The molecule has 0 aromatic carbocycles. The maximum atomic E-state index is 8.54. The van der Waals surface area contributed by atoms with Crippen molar-refractivity contribution >= 4 is 58.0 Å². The van der Waals surface area contributed by atoms with E-state index in [0.717, 1.165) is 29.8 Å². The topological polar surface area (TPSA) is 122 Å². The van der Waals surface area contributed by atoms with Crippen LogP contribution in [0.2, 0.25) is 0 Å². The molecular weight excluding hydrogens is 694 g/mol. The van der Waals surface area contributed by atoms with Gasteiger partial charge in [0.2, 0.25) is 0 Å². The molecule has 0 radical (unpaired) electrons. The van der Waals surface area contributed by atoms with Gasteiger partial charge in [0, 0.05) is 61.6 Å². The zero-order valence-electron chi connectivity index (χ0n) is 28.5. The SMILES string of the molecule is C=C(CCl)CC#N.CN(C)CC(CCl)CC#N.N#CCC(CCl)CC1CC1.N#CCC1CCC1CCl.N#CCC1CCCCC1CCl. The fraction of sp³-hybridized carbons (Fsp3) is 0.806. The molecule has 0 aromatic rings. The maximum absolute atomic E-state index is 8.54. The van der Waals surface area contributed by atoms with E-state index in [2.05, 4.69) is 30.9 Å². The Morgan fingerprint density at radius 2 is 1.13 bits per heavy atom. The van der Waals surface area contributed by atoms with Gasteiger partial charge in [-0.3, -0.25) is 0 Å². The third kappa shape index (κ3) is 27.1. The monoisotopic (exact) mass is 746 g/mol. The van der Waals surface area contributed by atoms with E-state index in [0.29, 0.717) is 85.3 Å². The number of nitriles is 5. The minimum Gasteiger partial charge on any atom is -0.309 e. The average molecular weight is 749 g/mol. The second-order valence-electron chi connectivity index (χ2n) is 12.9. The van der Waals surface area contributed by atoms with Crippen LogP contribution in [0.15, 0.2) is 12.2 Å². The van der Waals surface area contributed by atoms with Crippen molar-refractivity contribution in [2.24, 2.45) is 41.4 Å². The van der Waals surface area contributed by atoms with E-state index in [1.54, 1.807) is 0 Å². The Balaban J connectivity index is 0. The van der Waals surface area contributed by atoms with E-state index in [9.17, 15) is 0 Å². The first-order valence-corrected chi connectivity index (χ1v) is 19.3. The summed E-state index contributed by atoms with van der Waals surface area (Å²) in [6.07, 6.45) is 14.4. The summed E-state index contributed by atoms with van der Waals surface area (Å²) in [5.41, 5.74) is 0.782. The highest BCUT2D eigenvalue weighted by Gasteiger charge is 2.29. The second-order valence-corrected chi connectivity index (χ2v) is 14.4. The zero-order chi connectivity index (χ0) is 35.9. The quantitative estimate of drug-likeness (QED) is 0.129. The standard InChI is InChI=1S/C9H14ClN.C8H12ClN.C7H13ClN2.C7H10ClN.C5H6ClN/c10-7-9-4-2-1-3-8(9)5-6-11;9-6-8(3-4-10)5-7-1-2-7;1-10(2)6-7(5-8)3-4-9;8-5-7-2-1-6(7)3-4-9;1-5(4-6)2-3-7/h8-9H,1-5,7H2;7-8H,1-3,5-6H2;7H,3,5-6H2,1-2H3;6-7H,1-3,5H2;1-2,4H2. The van der Waals surface area contributed by atoms with Gasteiger partial charge in [-0.25, -0.2) is 0 Å². The van der Waals surface area contributed by atoms with Crippen LogP contribution in [0.5, 0.6) is 0 Å². The van der Waals surface area contributed by atoms with Gasteiger partial charge in [-0.05, 0) is 93.2 Å².